The van der Waals surface area contributed by atoms with E-state index in [1.54, 1.807) is 43.3 Å². The van der Waals surface area contributed by atoms with Crippen molar-refractivity contribution in [2.24, 2.45) is 5.10 Å². The predicted octanol–water partition coefficient (Wildman–Crippen LogP) is 3.38. The van der Waals surface area contributed by atoms with Gasteiger partial charge in [0.25, 0.3) is 5.91 Å². The molecule has 2 aromatic rings. The van der Waals surface area contributed by atoms with E-state index < -0.39 is 11.8 Å². The summed E-state index contributed by atoms with van der Waals surface area (Å²) in [4.78, 5) is 35.4. The van der Waals surface area contributed by atoms with Crippen molar-refractivity contribution in [1.29, 1.82) is 0 Å². The molecule has 3 amide bonds. The normalized spacial score (nSPS) is 11.6. The monoisotopic (exact) mass is 464 g/mol. The van der Waals surface area contributed by atoms with Gasteiger partial charge in [0, 0.05) is 11.7 Å². The Morgan fingerprint density at radius 1 is 1.10 bits per heavy atom. The SMILES string of the molecule is CC[C@@H](C)NC(=O)C(=O)N/N=C\c1cccc(OCC(=O)Nc2ccc(Cl)c(Cl)c2)c1. The van der Waals surface area contributed by atoms with Crippen LogP contribution < -0.4 is 20.8 Å². The summed E-state index contributed by atoms with van der Waals surface area (Å²) in [6.45, 7) is 3.46. The Labute approximate surface area is 189 Å². The number of hydrazone groups is 1. The van der Waals surface area contributed by atoms with Crippen LogP contribution in [-0.2, 0) is 14.4 Å². The highest BCUT2D eigenvalue weighted by Gasteiger charge is 2.14. The van der Waals surface area contributed by atoms with Gasteiger partial charge in [-0.3, -0.25) is 14.4 Å². The highest BCUT2D eigenvalue weighted by atomic mass is 35.5. The maximum Gasteiger partial charge on any atom is 0.329 e. The number of carbonyl (C=O) groups excluding carboxylic acids is 3. The summed E-state index contributed by atoms with van der Waals surface area (Å²) >= 11 is 11.8. The highest BCUT2D eigenvalue weighted by molar-refractivity contribution is 6.42. The smallest absolute Gasteiger partial charge is 0.329 e. The maximum atomic E-state index is 12.1. The van der Waals surface area contributed by atoms with Gasteiger partial charge in [0.1, 0.15) is 5.75 Å². The number of hydrogen-bond donors (Lipinski definition) is 3. The van der Waals surface area contributed by atoms with Gasteiger partial charge in [0.2, 0.25) is 0 Å². The molecule has 0 spiro atoms. The van der Waals surface area contributed by atoms with Crippen molar-refractivity contribution in [3.05, 3.63) is 58.1 Å². The van der Waals surface area contributed by atoms with Gasteiger partial charge in [-0.15, -0.1) is 0 Å². The molecular formula is C21H22Cl2N4O4. The number of rotatable bonds is 8. The minimum Gasteiger partial charge on any atom is -0.484 e. The van der Waals surface area contributed by atoms with Gasteiger partial charge < -0.3 is 15.4 Å². The Balaban J connectivity index is 1.85. The van der Waals surface area contributed by atoms with Gasteiger partial charge >= 0.3 is 11.8 Å². The number of benzene rings is 2. The van der Waals surface area contributed by atoms with Crippen molar-refractivity contribution in [2.75, 3.05) is 11.9 Å². The van der Waals surface area contributed by atoms with E-state index in [4.69, 9.17) is 27.9 Å². The molecule has 2 aromatic carbocycles. The second kappa shape index (κ2) is 11.9. The van der Waals surface area contributed by atoms with E-state index >= 15 is 0 Å². The molecule has 2 rings (SSSR count). The van der Waals surface area contributed by atoms with Gasteiger partial charge in [-0.25, -0.2) is 5.43 Å². The zero-order valence-electron chi connectivity index (χ0n) is 16.9. The molecule has 0 aliphatic heterocycles. The third-order valence-corrected chi connectivity index (χ3v) is 4.75. The molecule has 0 aliphatic rings. The van der Waals surface area contributed by atoms with E-state index in [2.05, 4.69) is 21.2 Å². The third kappa shape index (κ3) is 8.27. The van der Waals surface area contributed by atoms with Crippen LogP contribution in [0.4, 0.5) is 5.69 Å². The van der Waals surface area contributed by atoms with E-state index in [9.17, 15) is 14.4 Å². The summed E-state index contributed by atoms with van der Waals surface area (Å²) in [5, 5.41) is 9.67. The lowest BCUT2D eigenvalue weighted by Gasteiger charge is -2.09. The topological polar surface area (TPSA) is 109 Å². The van der Waals surface area contributed by atoms with Gasteiger partial charge in [-0.2, -0.15) is 5.10 Å². The predicted molar refractivity (Wildman–Crippen MR) is 121 cm³/mol. The summed E-state index contributed by atoms with van der Waals surface area (Å²) in [5.74, 6) is -1.56. The number of halogens is 2. The van der Waals surface area contributed by atoms with Crippen molar-refractivity contribution in [3.8, 4) is 5.75 Å². The first-order valence-electron chi connectivity index (χ1n) is 9.40. The molecule has 0 fully saturated rings. The fraction of sp³-hybridized carbons (Fsp3) is 0.238. The molecule has 0 aliphatic carbocycles. The van der Waals surface area contributed by atoms with Crippen LogP contribution in [0.15, 0.2) is 47.6 Å². The van der Waals surface area contributed by atoms with Crippen LogP contribution in [0.5, 0.6) is 5.75 Å². The molecule has 164 valence electrons. The average Bonchev–Trinajstić information content (AvgIpc) is 2.75. The zero-order valence-corrected chi connectivity index (χ0v) is 18.5. The molecule has 10 heteroatoms. The van der Waals surface area contributed by atoms with E-state index in [1.807, 2.05) is 6.92 Å². The van der Waals surface area contributed by atoms with Crippen molar-refractivity contribution in [2.45, 2.75) is 26.3 Å². The Kier molecular flexibility index (Phi) is 9.30. The highest BCUT2D eigenvalue weighted by Crippen LogP contribution is 2.25. The Morgan fingerprint density at radius 2 is 1.87 bits per heavy atom. The minimum absolute atomic E-state index is 0.107. The second-order valence-corrected chi connectivity index (χ2v) is 7.33. The van der Waals surface area contributed by atoms with Crippen LogP contribution in [0.1, 0.15) is 25.8 Å². The number of ether oxygens (including phenoxy) is 1. The van der Waals surface area contributed by atoms with Gasteiger partial charge in [0.15, 0.2) is 6.61 Å². The van der Waals surface area contributed by atoms with Crippen LogP contribution in [0.2, 0.25) is 10.0 Å². The second-order valence-electron chi connectivity index (χ2n) is 6.52. The molecular weight excluding hydrogens is 443 g/mol. The molecule has 3 N–H and O–H groups in total. The first-order valence-corrected chi connectivity index (χ1v) is 10.2. The first kappa shape index (κ1) is 24.2. The van der Waals surface area contributed by atoms with E-state index in [0.717, 1.165) is 0 Å². The Morgan fingerprint density at radius 3 is 2.58 bits per heavy atom. The number of nitrogens with zero attached hydrogens (tertiary/aromatic N) is 1. The number of carbonyl (C=O) groups is 3. The zero-order chi connectivity index (χ0) is 22.8. The minimum atomic E-state index is -0.858. The van der Waals surface area contributed by atoms with Crippen molar-refractivity contribution in [3.63, 3.8) is 0 Å². The molecule has 31 heavy (non-hydrogen) atoms. The fourth-order valence-electron chi connectivity index (χ4n) is 2.21. The van der Waals surface area contributed by atoms with Crippen molar-refractivity contribution < 1.29 is 19.1 Å². The first-order chi connectivity index (χ1) is 14.8. The standard InChI is InChI=1S/C21H22Cl2N4O4/c1-3-13(2)25-20(29)21(30)27-24-11-14-5-4-6-16(9-14)31-12-19(28)26-15-7-8-17(22)18(23)10-15/h4-11,13H,3,12H2,1-2H3,(H,25,29)(H,26,28)(H,27,30)/b24-11-/t13-/m1/s1. The largest absolute Gasteiger partial charge is 0.484 e. The number of anilines is 1. The molecule has 0 saturated heterocycles. The lowest BCUT2D eigenvalue weighted by molar-refractivity contribution is -0.139. The Hall–Kier alpha value is -3.10. The quantitative estimate of drug-likeness (QED) is 0.316. The molecule has 1 atom stereocenters. The van der Waals surface area contributed by atoms with Gasteiger partial charge in [0.05, 0.1) is 16.3 Å². The summed E-state index contributed by atoms with van der Waals surface area (Å²) in [6.07, 6.45) is 2.07. The average molecular weight is 465 g/mol. The lowest BCUT2D eigenvalue weighted by Crippen LogP contribution is -2.41. The van der Waals surface area contributed by atoms with Crippen LogP contribution in [0.3, 0.4) is 0 Å². The van der Waals surface area contributed by atoms with Gasteiger partial charge in [-0.05, 0) is 49.2 Å². The molecule has 0 aromatic heterocycles. The van der Waals surface area contributed by atoms with E-state index in [-0.39, 0.29) is 18.6 Å². The maximum absolute atomic E-state index is 12.1. The molecule has 0 heterocycles. The lowest BCUT2D eigenvalue weighted by atomic mass is 10.2. The van der Waals surface area contributed by atoms with Crippen LogP contribution in [0.25, 0.3) is 0 Å². The number of nitrogens with one attached hydrogen (secondary N) is 3. The van der Waals surface area contributed by atoms with Crippen LogP contribution >= 0.6 is 23.2 Å². The number of amides is 3. The molecule has 8 nitrogen and oxygen atoms in total. The van der Waals surface area contributed by atoms with E-state index in [0.29, 0.717) is 33.5 Å². The summed E-state index contributed by atoms with van der Waals surface area (Å²) in [5.41, 5.74) is 3.26. The van der Waals surface area contributed by atoms with Crippen LogP contribution in [0, 0.1) is 0 Å². The summed E-state index contributed by atoms with van der Waals surface area (Å²) in [7, 11) is 0. The molecule has 0 radical (unpaired) electrons. The van der Waals surface area contributed by atoms with E-state index in [1.165, 1.54) is 12.3 Å². The summed E-state index contributed by atoms with van der Waals surface area (Å²) < 4.78 is 5.47. The molecule has 0 unspecified atom stereocenters. The molecule has 0 bridgehead atoms. The number of hydrogen-bond acceptors (Lipinski definition) is 5. The fourth-order valence-corrected chi connectivity index (χ4v) is 2.51. The Bertz CT molecular complexity index is 982. The summed E-state index contributed by atoms with van der Waals surface area (Å²) in [6, 6.07) is 11.4. The molecule has 0 saturated carbocycles. The van der Waals surface area contributed by atoms with Gasteiger partial charge in [-0.1, -0.05) is 42.3 Å². The third-order valence-electron chi connectivity index (χ3n) is 4.01. The van der Waals surface area contributed by atoms with Crippen molar-refractivity contribution >= 4 is 52.8 Å². The van der Waals surface area contributed by atoms with Crippen LogP contribution in [-0.4, -0.2) is 36.6 Å². The van der Waals surface area contributed by atoms with Crippen molar-refractivity contribution in [1.82, 2.24) is 10.7 Å².